The summed E-state index contributed by atoms with van der Waals surface area (Å²) in [5.74, 6) is 0. The van der Waals surface area contributed by atoms with Crippen LogP contribution in [0.25, 0.3) is 93.5 Å². The van der Waals surface area contributed by atoms with Gasteiger partial charge in [0.25, 0.3) is 0 Å². The topological polar surface area (TPSA) is 28.7 Å². The predicted octanol–water partition coefficient (Wildman–Crippen LogP) is 13.6. The van der Waals surface area contributed by atoms with E-state index in [4.69, 9.17) is 0 Å². The first-order valence-electron chi connectivity index (χ1n) is 18.0. The number of fused-ring (bicyclic) bond motifs is 5. The number of benzene rings is 9. The molecule has 0 unspecified atom stereocenters. The molecule has 2 nitrogen and oxygen atoms in total. The van der Waals surface area contributed by atoms with Crippen LogP contribution < -0.4 is 0 Å². The molecule has 0 amide bonds. The van der Waals surface area contributed by atoms with Crippen LogP contribution in [0.15, 0.2) is 194 Å². The highest BCUT2D eigenvalue weighted by atomic mass is 15.0. The van der Waals surface area contributed by atoms with Crippen LogP contribution in [0.2, 0.25) is 0 Å². The van der Waals surface area contributed by atoms with E-state index in [1.54, 1.807) is 0 Å². The molecule has 0 spiro atoms. The number of hydrogen-bond donors (Lipinski definition) is 0. The first kappa shape index (κ1) is 30.6. The predicted molar refractivity (Wildman–Crippen MR) is 222 cm³/mol. The largest absolute Gasteiger partial charge is 0.309 e. The van der Waals surface area contributed by atoms with Gasteiger partial charge in [0.05, 0.1) is 22.7 Å². The summed E-state index contributed by atoms with van der Waals surface area (Å²) in [6.07, 6.45) is 0. The minimum absolute atomic E-state index is 0.637. The van der Waals surface area contributed by atoms with E-state index >= 15 is 0 Å². The maximum atomic E-state index is 10.2. The molecule has 1 heterocycles. The molecule has 10 aromatic rings. The van der Waals surface area contributed by atoms with Crippen LogP contribution in [0.5, 0.6) is 0 Å². The van der Waals surface area contributed by atoms with E-state index in [1.165, 1.54) is 60.0 Å². The van der Waals surface area contributed by atoms with Crippen LogP contribution >= 0.6 is 0 Å². The molecule has 0 bridgehead atoms. The van der Waals surface area contributed by atoms with Crippen LogP contribution in [0.3, 0.4) is 0 Å². The van der Waals surface area contributed by atoms with Gasteiger partial charge in [0, 0.05) is 16.5 Å². The highest BCUT2D eigenvalue weighted by Gasteiger charge is 2.17. The van der Waals surface area contributed by atoms with E-state index in [0.29, 0.717) is 5.56 Å². The molecule has 2 heteroatoms. The molecule has 10 rings (SSSR count). The average molecular weight is 673 g/mol. The van der Waals surface area contributed by atoms with Crippen LogP contribution in [0.4, 0.5) is 0 Å². The normalized spacial score (nSPS) is 11.4. The summed E-state index contributed by atoms with van der Waals surface area (Å²) in [6, 6.07) is 71.5. The average Bonchev–Trinajstić information content (AvgIpc) is 3.57. The minimum Gasteiger partial charge on any atom is -0.309 e. The third-order valence-electron chi connectivity index (χ3n) is 10.6. The van der Waals surface area contributed by atoms with Gasteiger partial charge in [0.1, 0.15) is 0 Å². The van der Waals surface area contributed by atoms with Gasteiger partial charge in [0.2, 0.25) is 0 Å². The standard InChI is InChI=1S/C51H32N2/c52-33-34-29-39(35-25-27-41(28-26-35)53-48-23-10-8-17-42(48)43-18-9-11-24-49(43)53)32-40(30-34)37-15-12-16-38(31-37)51-46-21-6-4-19-44(46)50(36-13-2-1-3-14-36)45-20-5-7-22-47(45)51/h1-32H. The maximum absolute atomic E-state index is 10.2. The van der Waals surface area contributed by atoms with Crippen molar-refractivity contribution in [3.05, 3.63) is 200 Å². The number of para-hydroxylation sites is 2. The molecule has 53 heavy (non-hydrogen) atoms. The zero-order valence-corrected chi connectivity index (χ0v) is 28.9. The second kappa shape index (κ2) is 12.5. The van der Waals surface area contributed by atoms with Gasteiger partial charge in [-0.3, -0.25) is 0 Å². The minimum atomic E-state index is 0.637. The molecule has 0 radical (unpaired) electrons. The number of nitrogens with zero attached hydrogens (tertiary/aromatic N) is 2. The summed E-state index contributed by atoms with van der Waals surface area (Å²) in [6.45, 7) is 0. The number of rotatable bonds is 5. The van der Waals surface area contributed by atoms with Crippen molar-refractivity contribution in [2.75, 3.05) is 0 Å². The second-order valence-electron chi connectivity index (χ2n) is 13.6. The number of nitriles is 1. The Balaban J connectivity index is 1.09. The van der Waals surface area contributed by atoms with E-state index in [2.05, 4.69) is 193 Å². The molecular formula is C51H32N2. The summed E-state index contributed by atoms with van der Waals surface area (Å²) in [5, 5.41) is 17.6. The van der Waals surface area contributed by atoms with E-state index in [0.717, 1.165) is 33.5 Å². The van der Waals surface area contributed by atoms with Gasteiger partial charge in [0.15, 0.2) is 0 Å². The van der Waals surface area contributed by atoms with Crippen molar-refractivity contribution in [2.45, 2.75) is 0 Å². The van der Waals surface area contributed by atoms with Crippen molar-refractivity contribution < 1.29 is 0 Å². The summed E-state index contributed by atoms with van der Waals surface area (Å²) < 4.78 is 2.33. The molecule has 0 fully saturated rings. The Morgan fingerprint density at radius 3 is 1.32 bits per heavy atom. The summed E-state index contributed by atoms with van der Waals surface area (Å²) in [7, 11) is 0. The number of aromatic nitrogens is 1. The fourth-order valence-electron chi connectivity index (χ4n) is 8.24. The molecular weight excluding hydrogens is 641 g/mol. The van der Waals surface area contributed by atoms with Gasteiger partial charge in [-0.1, -0.05) is 146 Å². The van der Waals surface area contributed by atoms with Crippen molar-refractivity contribution in [1.29, 1.82) is 5.26 Å². The molecule has 0 aliphatic heterocycles. The molecule has 246 valence electrons. The molecule has 0 atom stereocenters. The molecule has 0 saturated heterocycles. The third kappa shape index (κ3) is 5.10. The van der Waals surface area contributed by atoms with E-state index in [-0.39, 0.29) is 0 Å². The van der Waals surface area contributed by atoms with Crippen molar-refractivity contribution in [1.82, 2.24) is 4.57 Å². The zero-order valence-electron chi connectivity index (χ0n) is 28.9. The Kier molecular flexibility index (Phi) is 7.23. The Hall–Kier alpha value is -7.21. The van der Waals surface area contributed by atoms with Crippen LogP contribution in [-0.2, 0) is 0 Å². The highest BCUT2D eigenvalue weighted by molar-refractivity contribution is 6.21. The molecule has 0 aliphatic rings. The molecule has 0 N–H and O–H groups in total. The van der Waals surface area contributed by atoms with Crippen molar-refractivity contribution >= 4 is 43.4 Å². The fraction of sp³-hybridized carbons (Fsp3) is 0. The molecule has 0 aliphatic carbocycles. The van der Waals surface area contributed by atoms with Gasteiger partial charge in [-0.2, -0.15) is 5.26 Å². The lowest BCUT2D eigenvalue weighted by Crippen LogP contribution is -1.94. The van der Waals surface area contributed by atoms with Gasteiger partial charge in [-0.05, 0) is 115 Å². The summed E-state index contributed by atoms with van der Waals surface area (Å²) >= 11 is 0. The molecule has 9 aromatic carbocycles. The smallest absolute Gasteiger partial charge is 0.0992 e. The lowest BCUT2D eigenvalue weighted by Gasteiger charge is -2.18. The Bertz CT molecular complexity index is 2940. The van der Waals surface area contributed by atoms with Gasteiger partial charge < -0.3 is 4.57 Å². The van der Waals surface area contributed by atoms with Crippen molar-refractivity contribution in [3.63, 3.8) is 0 Å². The SMILES string of the molecule is N#Cc1cc(-c2ccc(-n3c4ccccc4c4ccccc43)cc2)cc(-c2cccc(-c3c4ccccc4c(-c4ccccc4)c4ccccc34)c2)c1. The van der Waals surface area contributed by atoms with E-state index in [9.17, 15) is 5.26 Å². The highest BCUT2D eigenvalue weighted by Crippen LogP contribution is 2.44. The van der Waals surface area contributed by atoms with E-state index < -0.39 is 0 Å². The fourth-order valence-corrected chi connectivity index (χ4v) is 8.24. The maximum Gasteiger partial charge on any atom is 0.0992 e. The van der Waals surface area contributed by atoms with Crippen LogP contribution in [-0.4, -0.2) is 4.57 Å². The lowest BCUT2D eigenvalue weighted by atomic mass is 9.85. The summed E-state index contributed by atoms with van der Waals surface area (Å²) in [5.41, 5.74) is 13.1. The Labute approximate surface area is 308 Å². The molecule has 0 saturated carbocycles. The van der Waals surface area contributed by atoms with Gasteiger partial charge in [-0.15, -0.1) is 0 Å². The summed E-state index contributed by atoms with van der Waals surface area (Å²) in [4.78, 5) is 0. The lowest BCUT2D eigenvalue weighted by molar-refractivity contribution is 1.18. The van der Waals surface area contributed by atoms with Crippen molar-refractivity contribution in [2.24, 2.45) is 0 Å². The Morgan fingerprint density at radius 1 is 0.321 bits per heavy atom. The zero-order chi connectivity index (χ0) is 35.3. The quantitative estimate of drug-likeness (QED) is 0.167. The molecule has 1 aromatic heterocycles. The first-order valence-corrected chi connectivity index (χ1v) is 18.0. The second-order valence-corrected chi connectivity index (χ2v) is 13.6. The van der Waals surface area contributed by atoms with E-state index in [1.807, 2.05) is 12.1 Å². The van der Waals surface area contributed by atoms with Gasteiger partial charge in [-0.25, -0.2) is 0 Å². The third-order valence-corrected chi connectivity index (χ3v) is 10.6. The van der Waals surface area contributed by atoms with Gasteiger partial charge >= 0.3 is 0 Å². The van der Waals surface area contributed by atoms with Crippen molar-refractivity contribution in [3.8, 4) is 56.3 Å². The first-order chi connectivity index (χ1) is 26.2. The van der Waals surface area contributed by atoms with Crippen LogP contribution in [0.1, 0.15) is 5.56 Å². The number of hydrogen-bond acceptors (Lipinski definition) is 1. The monoisotopic (exact) mass is 672 g/mol. The Morgan fingerprint density at radius 2 is 0.755 bits per heavy atom. The van der Waals surface area contributed by atoms with Crippen LogP contribution in [0, 0.1) is 11.3 Å².